The number of benzene rings is 1. The van der Waals surface area contributed by atoms with Crippen LogP contribution in [0.25, 0.3) is 11.4 Å². The van der Waals surface area contributed by atoms with Gasteiger partial charge in [-0.05, 0) is 25.5 Å². The Morgan fingerprint density at radius 1 is 1.25 bits per heavy atom. The molecule has 2 aromatic rings. The van der Waals surface area contributed by atoms with Crippen LogP contribution in [0.3, 0.4) is 0 Å². The van der Waals surface area contributed by atoms with Crippen LogP contribution in [0.5, 0.6) is 5.75 Å². The molecule has 0 bridgehead atoms. The van der Waals surface area contributed by atoms with E-state index in [0.717, 1.165) is 36.8 Å². The van der Waals surface area contributed by atoms with E-state index in [1.54, 1.807) is 12.4 Å². The largest absolute Gasteiger partial charge is 0.490 e. The highest BCUT2D eigenvalue weighted by Crippen LogP contribution is 2.20. The molecule has 4 heteroatoms. The van der Waals surface area contributed by atoms with E-state index >= 15 is 0 Å². The standard InChI is InChI=1S/C16H19N3O/c1-12-4-2-3-5-15(12)16-18-9-14(10-19-16)20-11-13-6-7-17-8-13/h2-5,9-10,13,17H,6-8,11H2,1H3. The highest BCUT2D eigenvalue weighted by molar-refractivity contribution is 5.59. The quantitative estimate of drug-likeness (QED) is 0.926. The summed E-state index contributed by atoms with van der Waals surface area (Å²) >= 11 is 0. The van der Waals surface area contributed by atoms with E-state index in [9.17, 15) is 0 Å². The fourth-order valence-electron chi connectivity index (χ4n) is 2.42. The fourth-order valence-corrected chi connectivity index (χ4v) is 2.42. The van der Waals surface area contributed by atoms with Crippen molar-refractivity contribution in [3.8, 4) is 17.1 Å². The Balaban J connectivity index is 1.66. The van der Waals surface area contributed by atoms with Crippen molar-refractivity contribution in [2.24, 2.45) is 5.92 Å². The average Bonchev–Trinajstić information content (AvgIpc) is 3.00. The molecule has 104 valence electrons. The molecule has 1 aliphatic heterocycles. The topological polar surface area (TPSA) is 47.0 Å². The summed E-state index contributed by atoms with van der Waals surface area (Å²) in [5.74, 6) is 2.10. The summed E-state index contributed by atoms with van der Waals surface area (Å²) in [5, 5.41) is 3.33. The second-order valence-electron chi connectivity index (χ2n) is 5.23. The maximum Gasteiger partial charge on any atom is 0.159 e. The molecule has 1 saturated heterocycles. The minimum Gasteiger partial charge on any atom is -0.490 e. The first kappa shape index (κ1) is 13.1. The second kappa shape index (κ2) is 6.01. The Morgan fingerprint density at radius 2 is 2.05 bits per heavy atom. The van der Waals surface area contributed by atoms with Gasteiger partial charge in [-0.3, -0.25) is 0 Å². The number of ether oxygens (including phenoxy) is 1. The Kier molecular flexibility index (Phi) is 3.92. The van der Waals surface area contributed by atoms with Crippen molar-refractivity contribution in [3.63, 3.8) is 0 Å². The van der Waals surface area contributed by atoms with Crippen molar-refractivity contribution < 1.29 is 4.74 Å². The molecule has 0 radical (unpaired) electrons. The van der Waals surface area contributed by atoms with E-state index in [1.165, 1.54) is 12.0 Å². The molecule has 1 atom stereocenters. The lowest BCUT2D eigenvalue weighted by molar-refractivity contribution is 0.258. The van der Waals surface area contributed by atoms with Gasteiger partial charge in [0.2, 0.25) is 0 Å². The summed E-state index contributed by atoms with van der Waals surface area (Å²) in [7, 11) is 0. The van der Waals surface area contributed by atoms with Gasteiger partial charge >= 0.3 is 0 Å². The van der Waals surface area contributed by atoms with E-state index < -0.39 is 0 Å². The predicted molar refractivity (Wildman–Crippen MR) is 78.7 cm³/mol. The maximum atomic E-state index is 5.75. The number of nitrogens with one attached hydrogen (secondary N) is 1. The molecule has 1 N–H and O–H groups in total. The summed E-state index contributed by atoms with van der Waals surface area (Å²) < 4.78 is 5.75. The monoisotopic (exact) mass is 269 g/mol. The third-order valence-corrected chi connectivity index (χ3v) is 3.66. The van der Waals surface area contributed by atoms with Gasteiger partial charge in [0, 0.05) is 18.0 Å². The molecular formula is C16H19N3O. The van der Waals surface area contributed by atoms with Crippen LogP contribution in [-0.4, -0.2) is 29.7 Å². The van der Waals surface area contributed by atoms with Crippen molar-refractivity contribution in [1.29, 1.82) is 0 Å². The fraction of sp³-hybridized carbons (Fsp3) is 0.375. The number of aryl methyl sites for hydroxylation is 1. The van der Waals surface area contributed by atoms with Crippen LogP contribution in [0.4, 0.5) is 0 Å². The van der Waals surface area contributed by atoms with E-state index in [1.807, 2.05) is 18.2 Å². The van der Waals surface area contributed by atoms with Gasteiger partial charge in [0.25, 0.3) is 0 Å². The molecule has 1 unspecified atom stereocenters. The zero-order chi connectivity index (χ0) is 13.8. The van der Waals surface area contributed by atoms with Crippen LogP contribution >= 0.6 is 0 Å². The molecule has 1 aromatic heterocycles. The van der Waals surface area contributed by atoms with Gasteiger partial charge in [0.15, 0.2) is 11.6 Å². The van der Waals surface area contributed by atoms with Crippen molar-refractivity contribution in [3.05, 3.63) is 42.2 Å². The van der Waals surface area contributed by atoms with Gasteiger partial charge < -0.3 is 10.1 Å². The summed E-state index contributed by atoms with van der Waals surface area (Å²) in [6.07, 6.45) is 4.70. The first-order valence-corrected chi connectivity index (χ1v) is 7.04. The first-order chi connectivity index (χ1) is 9.83. The summed E-state index contributed by atoms with van der Waals surface area (Å²) in [6, 6.07) is 8.13. The van der Waals surface area contributed by atoms with Crippen molar-refractivity contribution in [2.45, 2.75) is 13.3 Å². The van der Waals surface area contributed by atoms with Crippen molar-refractivity contribution in [1.82, 2.24) is 15.3 Å². The van der Waals surface area contributed by atoms with Gasteiger partial charge in [0.05, 0.1) is 19.0 Å². The van der Waals surface area contributed by atoms with Crippen molar-refractivity contribution >= 4 is 0 Å². The average molecular weight is 269 g/mol. The Morgan fingerprint density at radius 3 is 2.75 bits per heavy atom. The minimum atomic E-state index is 0.603. The number of rotatable bonds is 4. The number of nitrogens with zero attached hydrogens (tertiary/aromatic N) is 2. The summed E-state index contributed by atoms with van der Waals surface area (Å²) in [5.41, 5.74) is 2.25. The number of aromatic nitrogens is 2. The smallest absolute Gasteiger partial charge is 0.159 e. The second-order valence-corrected chi connectivity index (χ2v) is 5.23. The zero-order valence-corrected chi connectivity index (χ0v) is 11.7. The Hall–Kier alpha value is -1.94. The molecule has 1 aliphatic rings. The molecule has 2 heterocycles. The Labute approximate surface area is 119 Å². The van der Waals surface area contributed by atoms with Crippen LogP contribution < -0.4 is 10.1 Å². The van der Waals surface area contributed by atoms with E-state index in [2.05, 4.69) is 28.3 Å². The normalized spacial score (nSPS) is 18.1. The van der Waals surface area contributed by atoms with Gasteiger partial charge in [-0.2, -0.15) is 0 Å². The van der Waals surface area contributed by atoms with Crippen LogP contribution in [0.1, 0.15) is 12.0 Å². The zero-order valence-electron chi connectivity index (χ0n) is 11.7. The van der Waals surface area contributed by atoms with Crippen molar-refractivity contribution in [2.75, 3.05) is 19.7 Å². The third-order valence-electron chi connectivity index (χ3n) is 3.66. The number of hydrogen-bond acceptors (Lipinski definition) is 4. The van der Waals surface area contributed by atoms with E-state index in [4.69, 9.17) is 4.74 Å². The lowest BCUT2D eigenvalue weighted by Crippen LogP contribution is -2.15. The predicted octanol–water partition coefficient (Wildman–Crippen LogP) is 2.44. The maximum absolute atomic E-state index is 5.75. The van der Waals surface area contributed by atoms with Gasteiger partial charge in [0.1, 0.15) is 0 Å². The van der Waals surface area contributed by atoms with Gasteiger partial charge in [-0.15, -0.1) is 0 Å². The molecule has 4 nitrogen and oxygen atoms in total. The van der Waals surface area contributed by atoms with E-state index in [-0.39, 0.29) is 0 Å². The van der Waals surface area contributed by atoms with Crippen LogP contribution in [-0.2, 0) is 0 Å². The lowest BCUT2D eigenvalue weighted by Gasteiger charge is -2.10. The van der Waals surface area contributed by atoms with E-state index in [0.29, 0.717) is 5.92 Å². The van der Waals surface area contributed by atoms with Gasteiger partial charge in [-0.1, -0.05) is 24.3 Å². The highest BCUT2D eigenvalue weighted by atomic mass is 16.5. The minimum absolute atomic E-state index is 0.603. The summed E-state index contributed by atoms with van der Waals surface area (Å²) in [4.78, 5) is 8.81. The molecule has 3 rings (SSSR count). The first-order valence-electron chi connectivity index (χ1n) is 7.04. The molecule has 0 saturated carbocycles. The van der Waals surface area contributed by atoms with Crippen LogP contribution in [0.2, 0.25) is 0 Å². The van der Waals surface area contributed by atoms with Crippen LogP contribution in [0.15, 0.2) is 36.7 Å². The van der Waals surface area contributed by atoms with Crippen LogP contribution in [0, 0.1) is 12.8 Å². The number of hydrogen-bond donors (Lipinski definition) is 1. The molecule has 0 aliphatic carbocycles. The molecule has 0 amide bonds. The molecule has 0 spiro atoms. The molecule has 1 fully saturated rings. The van der Waals surface area contributed by atoms with Gasteiger partial charge in [-0.25, -0.2) is 9.97 Å². The SMILES string of the molecule is Cc1ccccc1-c1ncc(OCC2CCNC2)cn1. The highest BCUT2D eigenvalue weighted by Gasteiger charge is 2.15. The summed E-state index contributed by atoms with van der Waals surface area (Å²) in [6.45, 7) is 4.94. The Bertz CT molecular complexity index is 562. The lowest BCUT2D eigenvalue weighted by atomic mass is 10.1. The third kappa shape index (κ3) is 2.96. The molecular weight excluding hydrogens is 250 g/mol. The molecule has 1 aromatic carbocycles. The molecule has 20 heavy (non-hydrogen) atoms.